The molecule has 6 nitrogen and oxygen atoms in total. The van der Waals surface area contributed by atoms with E-state index in [1.54, 1.807) is 0 Å². The molecule has 0 aromatic heterocycles. The van der Waals surface area contributed by atoms with Gasteiger partial charge >= 0.3 is 0 Å². The molecule has 0 aromatic carbocycles. The van der Waals surface area contributed by atoms with E-state index in [4.69, 9.17) is 18.9 Å². The predicted octanol–water partition coefficient (Wildman–Crippen LogP) is 4.61. The average Bonchev–Trinajstić information content (AvgIpc) is 2.91. The molecule has 0 saturated carbocycles. The molecule has 6 heteroatoms. The quantitative estimate of drug-likeness (QED) is 0.118. The number of ether oxygens (including phenoxy) is 4. The van der Waals surface area contributed by atoms with Crippen molar-refractivity contribution in [2.75, 3.05) is 94.1 Å². The second kappa shape index (κ2) is 29.3. The summed E-state index contributed by atoms with van der Waals surface area (Å²) in [4.78, 5) is 2.85. The van der Waals surface area contributed by atoms with Gasteiger partial charge in [0.25, 0.3) is 0 Å². The minimum absolute atomic E-state index is 0.0555. The summed E-state index contributed by atoms with van der Waals surface area (Å²) < 4.78 is 24.7. The van der Waals surface area contributed by atoms with E-state index >= 15 is 0 Å². The molecule has 0 bridgehead atoms. The van der Waals surface area contributed by atoms with E-state index in [0.29, 0.717) is 0 Å². The predicted molar refractivity (Wildman–Crippen MR) is 166 cm³/mol. The molecule has 2 N–H and O–H groups in total. The summed E-state index contributed by atoms with van der Waals surface area (Å²) in [6.07, 6.45) is 20.3. The zero-order valence-electron chi connectivity index (χ0n) is 27.5. The van der Waals surface area contributed by atoms with Crippen LogP contribution >= 0.6 is 0 Å². The minimum Gasteiger partial charge on any atom is -0.381 e. The zero-order chi connectivity index (χ0) is 28.9. The third kappa shape index (κ3) is 27.7. The molecule has 0 aliphatic carbocycles. The van der Waals surface area contributed by atoms with Gasteiger partial charge in [0.15, 0.2) is 0 Å². The van der Waals surface area contributed by atoms with Gasteiger partial charge in [-0.1, -0.05) is 90.9 Å². The molecule has 0 amide bonds. The van der Waals surface area contributed by atoms with E-state index in [1.807, 2.05) is 0 Å². The van der Waals surface area contributed by atoms with Crippen molar-refractivity contribution in [1.29, 1.82) is 0 Å². The van der Waals surface area contributed by atoms with Crippen molar-refractivity contribution in [2.45, 2.75) is 117 Å². The Morgan fingerprint density at radius 1 is 0.410 bits per heavy atom. The Bertz CT molecular complexity index is 435. The standard InChI is InChI=1S/C33H70N2O4/c1-7-9-11-12-13-14-16-21-27-37-30-33(31-38-28-23-34(3)4,32-39-29-24-35(5)6)22-18-15-17-20-26-36-25-19-10-8-2/h7-32H2,1-6H3/p+2. The Balaban J connectivity index is 4.67. The zero-order valence-corrected chi connectivity index (χ0v) is 27.5. The maximum Gasteiger partial charge on any atom is 0.100 e. The first-order valence-electron chi connectivity index (χ1n) is 16.8. The smallest absolute Gasteiger partial charge is 0.100 e. The molecule has 0 unspecified atom stereocenters. The van der Waals surface area contributed by atoms with E-state index in [9.17, 15) is 0 Å². The van der Waals surface area contributed by atoms with E-state index in [2.05, 4.69) is 42.0 Å². The van der Waals surface area contributed by atoms with Crippen LogP contribution in [0.3, 0.4) is 0 Å². The maximum atomic E-state index is 6.35. The Labute approximate surface area is 244 Å². The molecule has 0 heterocycles. The molecule has 0 saturated heterocycles. The number of unbranched alkanes of at least 4 members (excludes halogenated alkanes) is 12. The molecule has 0 fully saturated rings. The molecular formula is C33H72N2O4+2. The molecule has 0 atom stereocenters. The van der Waals surface area contributed by atoms with Crippen LogP contribution in [0.5, 0.6) is 0 Å². The summed E-state index contributed by atoms with van der Waals surface area (Å²) >= 11 is 0. The van der Waals surface area contributed by atoms with E-state index < -0.39 is 0 Å². The summed E-state index contributed by atoms with van der Waals surface area (Å²) in [5.41, 5.74) is -0.0555. The molecule has 0 spiro atoms. The highest BCUT2D eigenvalue weighted by Crippen LogP contribution is 2.28. The molecule has 0 aliphatic rings. The topological polar surface area (TPSA) is 45.8 Å². The molecular weight excluding hydrogens is 488 g/mol. The Morgan fingerprint density at radius 3 is 1.26 bits per heavy atom. The van der Waals surface area contributed by atoms with Gasteiger partial charge in [-0.2, -0.15) is 0 Å². The van der Waals surface area contributed by atoms with E-state index in [1.165, 1.54) is 93.3 Å². The first kappa shape index (κ1) is 38.8. The Hall–Kier alpha value is -0.240. The Morgan fingerprint density at radius 2 is 0.769 bits per heavy atom. The number of quaternary nitrogens is 2. The van der Waals surface area contributed by atoms with Crippen molar-refractivity contribution >= 4 is 0 Å². The average molecular weight is 561 g/mol. The van der Waals surface area contributed by atoms with Gasteiger partial charge in [0, 0.05) is 25.2 Å². The minimum atomic E-state index is -0.0555. The van der Waals surface area contributed by atoms with Gasteiger partial charge in [-0.25, -0.2) is 0 Å². The number of likely N-dealkylation sites (N-methyl/N-ethyl adjacent to an activating group) is 2. The van der Waals surface area contributed by atoms with Crippen LogP contribution in [0.2, 0.25) is 0 Å². The number of hydrogen-bond acceptors (Lipinski definition) is 4. The third-order valence-corrected chi connectivity index (χ3v) is 7.50. The summed E-state index contributed by atoms with van der Waals surface area (Å²) in [5.74, 6) is 0. The summed E-state index contributed by atoms with van der Waals surface area (Å²) in [6, 6.07) is 0. The molecule has 236 valence electrons. The summed E-state index contributed by atoms with van der Waals surface area (Å²) in [7, 11) is 8.74. The van der Waals surface area contributed by atoms with Crippen LogP contribution in [0, 0.1) is 5.41 Å². The van der Waals surface area contributed by atoms with Crippen LogP contribution in [0.25, 0.3) is 0 Å². The van der Waals surface area contributed by atoms with Gasteiger partial charge in [-0.3, -0.25) is 0 Å². The van der Waals surface area contributed by atoms with Crippen LogP contribution in [0.1, 0.15) is 117 Å². The molecule has 0 aromatic rings. The maximum absolute atomic E-state index is 6.35. The largest absolute Gasteiger partial charge is 0.381 e. The van der Waals surface area contributed by atoms with Crippen molar-refractivity contribution in [3.63, 3.8) is 0 Å². The van der Waals surface area contributed by atoms with Crippen LogP contribution in [-0.4, -0.2) is 94.1 Å². The van der Waals surface area contributed by atoms with Crippen molar-refractivity contribution < 1.29 is 28.7 Å². The first-order valence-corrected chi connectivity index (χ1v) is 16.8. The second-order valence-corrected chi connectivity index (χ2v) is 12.5. The van der Waals surface area contributed by atoms with Crippen molar-refractivity contribution in [1.82, 2.24) is 0 Å². The van der Waals surface area contributed by atoms with Gasteiger partial charge in [0.1, 0.15) is 13.1 Å². The fourth-order valence-electron chi connectivity index (χ4n) is 4.71. The molecule has 39 heavy (non-hydrogen) atoms. The lowest BCUT2D eigenvalue weighted by molar-refractivity contribution is -0.858. The highest BCUT2D eigenvalue weighted by molar-refractivity contribution is 4.80. The lowest BCUT2D eigenvalue weighted by atomic mass is 9.84. The Kier molecular flexibility index (Phi) is 29.1. The lowest BCUT2D eigenvalue weighted by Crippen LogP contribution is -3.06. The fraction of sp³-hybridized carbons (Fsp3) is 1.00. The second-order valence-electron chi connectivity index (χ2n) is 12.5. The lowest BCUT2D eigenvalue weighted by Gasteiger charge is -2.33. The number of rotatable bonds is 32. The van der Waals surface area contributed by atoms with E-state index in [-0.39, 0.29) is 5.41 Å². The van der Waals surface area contributed by atoms with Crippen LogP contribution in [-0.2, 0) is 18.9 Å². The monoisotopic (exact) mass is 561 g/mol. The van der Waals surface area contributed by atoms with Gasteiger partial charge in [-0.05, 0) is 25.7 Å². The van der Waals surface area contributed by atoms with Crippen molar-refractivity contribution in [2.24, 2.45) is 5.41 Å². The molecule has 0 radical (unpaired) electrons. The van der Waals surface area contributed by atoms with E-state index in [0.717, 1.165) is 85.2 Å². The molecule has 0 rings (SSSR count). The highest BCUT2D eigenvalue weighted by atomic mass is 16.5. The molecule has 0 aliphatic heterocycles. The van der Waals surface area contributed by atoms with Crippen LogP contribution < -0.4 is 9.80 Å². The van der Waals surface area contributed by atoms with Gasteiger partial charge in [-0.15, -0.1) is 0 Å². The van der Waals surface area contributed by atoms with Crippen molar-refractivity contribution in [3.05, 3.63) is 0 Å². The van der Waals surface area contributed by atoms with Gasteiger partial charge in [0.05, 0.1) is 61.2 Å². The SMILES string of the molecule is CCCCCCCCCCOCC(CCCCCCOCCCCC)(COCC[NH+](C)C)COCC[NH+](C)C. The van der Waals surface area contributed by atoms with Gasteiger partial charge in [0.2, 0.25) is 0 Å². The normalized spacial score (nSPS) is 12.3. The summed E-state index contributed by atoms with van der Waals surface area (Å²) in [5, 5.41) is 0. The number of hydrogen-bond donors (Lipinski definition) is 2. The van der Waals surface area contributed by atoms with Crippen LogP contribution in [0.15, 0.2) is 0 Å². The first-order chi connectivity index (χ1) is 19.0. The van der Waals surface area contributed by atoms with Gasteiger partial charge < -0.3 is 28.7 Å². The fourth-order valence-corrected chi connectivity index (χ4v) is 4.71. The number of nitrogens with one attached hydrogen (secondary N) is 2. The van der Waals surface area contributed by atoms with Crippen molar-refractivity contribution in [3.8, 4) is 0 Å². The third-order valence-electron chi connectivity index (χ3n) is 7.50. The summed E-state index contributed by atoms with van der Waals surface area (Å²) in [6.45, 7) is 13.0. The highest BCUT2D eigenvalue weighted by Gasteiger charge is 2.31. The van der Waals surface area contributed by atoms with Crippen LogP contribution in [0.4, 0.5) is 0 Å².